The van der Waals surface area contributed by atoms with Crippen molar-refractivity contribution in [3.63, 3.8) is 0 Å². The second-order valence-electron chi connectivity index (χ2n) is 10.6. The van der Waals surface area contributed by atoms with Gasteiger partial charge in [-0.2, -0.15) is 0 Å². The van der Waals surface area contributed by atoms with Crippen LogP contribution in [0.1, 0.15) is 0 Å². The Morgan fingerprint density at radius 1 is 0.400 bits per heavy atom. The number of rotatable bonds is 2. The summed E-state index contributed by atoms with van der Waals surface area (Å²) in [6.07, 6.45) is 0. The van der Waals surface area contributed by atoms with E-state index in [1.807, 2.05) is 0 Å². The summed E-state index contributed by atoms with van der Waals surface area (Å²) in [5, 5.41) is 9.81. The van der Waals surface area contributed by atoms with Crippen molar-refractivity contribution in [2.45, 2.75) is 0 Å². The minimum absolute atomic E-state index is 0.909. The molecule has 0 bridgehead atoms. The smallest absolute Gasteiger partial charge is 0.137 e. The molecule has 2 nitrogen and oxygen atoms in total. The molecule has 0 saturated heterocycles. The minimum Gasteiger partial charge on any atom is -0.456 e. The van der Waals surface area contributed by atoms with Crippen molar-refractivity contribution in [3.8, 4) is 16.8 Å². The highest BCUT2D eigenvalue weighted by molar-refractivity contribution is 6.27. The van der Waals surface area contributed by atoms with E-state index >= 15 is 0 Å². The predicted molar refractivity (Wildman–Crippen MR) is 169 cm³/mol. The van der Waals surface area contributed by atoms with Gasteiger partial charge in [-0.25, -0.2) is 0 Å². The Morgan fingerprint density at radius 3 is 1.93 bits per heavy atom. The maximum Gasteiger partial charge on any atom is 0.137 e. The number of fused-ring (bicyclic) bond motifs is 10. The Morgan fingerprint density at radius 2 is 1.10 bits per heavy atom. The van der Waals surface area contributed by atoms with E-state index in [-0.39, 0.29) is 0 Å². The van der Waals surface area contributed by atoms with Crippen LogP contribution in [0, 0.1) is 0 Å². The highest BCUT2D eigenvalue weighted by Gasteiger charge is 2.19. The third kappa shape index (κ3) is 2.99. The van der Waals surface area contributed by atoms with Gasteiger partial charge in [0.1, 0.15) is 11.2 Å². The Hall–Kier alpha value is -5.34. The molecule has 40 heavy (non-hydrogen) atoms. The van der Waals surface area contributed by atoms with Crippen LogP contribution in [0.3, 0.4) is 0 Å². The van der Waals surface area contributed by atoms with E-state index in [1.165, 1.54) is 54.3 Å². The monoisotopic (exact) mass is 509 g/mol. The average molecular weight is 510 g/mol. The number of furan rings is 1. The first-order valence-electron chi connectivity index (χ1n) is 13.7. The Bertz CT molecular complexity index is 2420. The molecule has 7 aromatic carbocycles. The summed E-state index contributed by atoms with van der Waals surface area (Å²) < 4.78 is 8.92. The topological polar surface area (TPSA) is 18.1 Å². The Balaban J connectivity index is 1.45. The van der Waals surface area contributed by atoms with Crippen LogP contribution in [0.4, 0.5) is 0 Å². The van der Waals surface area contributed by atoms with E-state index in [2.05, 4.69) is 144 Å². The van der Waals surface area contributed by atoms with Crippen molar-refractivity contribution in [2.75, 3.05) is 0 Å². The molecule has 0 N–H and O–H groups in total. The molecule has 186 valence electrons. The number of nitrogens with zero attached hydrogens (tertiary/aromatic N) is 1. The van der Waals surface area contributed by atoms with Crippen LogP contribution in [0.15, 0.2) is 144 Å². The highest BCUT2D eigenvalue weighted by Crippen LogP contribution is 2.42. The minimum atomic E-state index is 0.909. The third-order valence-corrected chi connectivity index (χ3v) is 8.35. The van der Waals surface area contributed by atoms with Crippen LogP contribution in [0.25, 0.3) is 82.1 Å². The molecule has 2 heteroatoms. The zero-order valence-corrected chi connectivity index (χ0v) is 21.6. The summed E-state index contributed by atoms with van der Waals surface area (Å²) in [5.41, 5.74) is 7.72. The molecule has 0 saturated carbocycles. The molecule has 0 aliphatic heterocycles. The van der Waals surface area contributed by atoms with E-state index in [0.717, 1.165) is 27.8 Å². The van der Waals surface area contributed by atoms with Crippen LogP contribution in [0.5, 0.6) is 0 Å². The fraction of sp³-hybridized carbons (Fsp3) is 0. The van der Waals surface area contributed by atoms with Gasteiger partial charge in [0, 0.05) is 33.3 Å². The van der Waals surface area contributed by atoms with Gasteiger partial charge in [-0.05, 0) is 63.0 Å². The van der Waals surface area contributed by atoms with Gasteiger partial charge in [-0.15, -0.1) is 0 Å². The van der Waals surface area contributed by atoms with E-state index in [4.69, 9.17) is 4.42 Å². The van der Waals surface area contributed by atoms with Crippen molar-refractivity contribution >= 4 is 65.3 Å². The van der Waals surface area contributed by atoms with E-state index in [9.17, 15) is 0 Å². The number of benzene rings is 7. The fourth-order valence-corrected chi connectivity index (χ4v) is 6.56. The zero-order valence-electron chi connectivity index (χ0n) is 21.6. The predicted octanol–water partition coefficient (Wildman–Crippen LogP) is 10.7. The summed E-state index contributed by atoms with van der Waals surface area (Å²) in [6.45, 7) is 0. The molecule has 0 fully saturated rings. The van der Waals surface area contributed by atoms with Gasteiger partial charge in [0.25, 0.3) is 0 Å². The van der Waals surface area contributed by atoms with Crippen LogP contribution in [-0.2, 0) is 0 Å². The first kappa shape index (κ1) is 21.6. The fourth-order valence-electron chi connectivity index (χ4n) is 6.56. The van der Waals surface area contributed by atoms with Gasteiger partial charge in [-0.1, -0.05) is 103 Å². The number of hydrogen-bond acceptors (Lipinski definition) is 1. The largest absolute Gasteiger partial charge is 0.456 e. The molecule has 9 rings (SSSR count). The molecule has 0 amide bonds. The molecular weight excluding hydrogens is 486 g/mol. The Kier molecular flexibility index (Phi) is 4.36. The van der Waals surface area contributed by atoms with E-state index < -0.39 is 0 Å². The van der Waals surface area contributed by atoms with Gasteiger partial charge in [-0.3, -0.25) is 0 Å². The number of aromatic nitrogens is 1. The lowest BCUT2D eigenvalue weighted by Gasteiger charge is -2.11. The van der Waals surface area contributed by atoms with Crippen molar-refractivity contribution in [1.82, 2.24) is 4.57 Å². The second-order valence-corrected chi connectivity index (χ2v) is 10.6. The lowest BCUT2D eigenvalue weighted by molar-refractivity contribution is 0.669. The van der Waals surface area contributed by atoms with Gasteiger partial charge in [0.2, 0.25) is 0 Å². The zero-order chi connectivity index (χ0) is 26.2. The standard InChI is InChI=1S/C38H23NO/c1-2-9-24(10-3-1)27-13-8-14-28(21-27)39-33-19-17-25-11-4-6-15-29(25)37(33)31-22-32-36(23-34(31)39)40-35-20-18-26-12-5-7-16-30(26)38(32)35/h1-23H. The van der Waals surface area contributed by atoms with Crippen LogP contribution in [0.2, 0.25) is 0 Å². The van der Waals surface area contributed by atoms with Gasteiger partial charge < -0.3 is 8.98 Å². The van der Waals surface area contributed by atoms with Crippen LogP contribution < -0.4 is 0 Å². The molecule has 0 atom stereocenters. The van der Waals surface area contributed by atoms with E-state index in [0.29, 0.717) is 0 Å². The normalized spacial score (nSPS) is 12.0. The quantitative estimate of drug-likeness (QED) is 0.227. The van der Waals surface area contributed by atoms with Gasteiger partial charge >= 0.3 is 0 Å². The third-order valence-electron chi connectivity index (χ3n) is 8.35. The van der Waals surface area contributed by atoms with Crippen LogP contribution in [-0.4, -0.2) is 4.57 Å². The number of hydrogen-bond donors (Lipinski definition) is 0. The van der Waals surface area contributed by atoms with Crippen molar-refractivity contribution in [2.24, 2.45) is 0 Å². The SMILES string of the molecule is c1ccc(-c2cccc(-n3c4cc5oc6ccc7ccccc7c6c5cc4c4c5ccccc5ccc43)c2)cc1. The molecule has 0 spiro atoms. The molecule has 0 unspecified atom stereocenters. The molecule has 0 aliphatic carbocycles. The van der Waals surface area contributed by atoms with Crippen molar-refractivity contribution in [3.05, 3.63) is 140 Å². The molecule has 0 radical (unpaired) electrons. The maximum absolute atomic E-state index is 6.52. The molecule has 2 aromatic heterocycles. The molecule has 2 heterocycles. The van der Waals surface area contributed by atoms with E-state index in [1.54, 1.807) is 0 Å². The summed E-state index contributed by atoms with van der Waals surface area (Å²) in [6, 6.07) is 50.1. The van der Waals surface area contributed by atoms with Gasteiger partial charge in [0.15, 0.2) is 0 Å². The summed E-state index contributed by atoms with van der Waals surface area (Å²) in [7, 11) is 0. The second kappa shape index (κ2) is 8.08. The van der Waals surface area contributed by atoms with Crippen molar-refractivity contribution < 1.29 is 4.42 Å². The van der Waals surface area contributed by atoms with Crippen LogP contribution >= 0.6 is 0 Å². The van der Waals surface area contributed by atoms with Gasteiger partial charge in [0.05, 0.1) is 11.0 Å². The lowest BCUT2D eigenvalue weighted by atomic mass is 10.0. The maximum atomic E-state index is 6.52. The molecule has 0 aliphatic rings. The first-order valence-corrected chi connectivity index (χ1v) is 13.7. The summed E-state index contributed by atoms with van der Waals surface area (Å²) >= 11 is 0. The molecular formula is C38H23NO. The average Bonchev–Trinajstić information content (AvgIpc) is 3.55. The molecule has 9 aromatic rings. The first-order chi connectivity index (χ1) is 19.8. The van der Waals surface area contributed by atoms with Crippen molar-refractivity contribution in [1.29, 1.82) is 0 Å². The highest BCUT2D eigenvalue weighted by atomic mass is 16.3. The summed E-state index contributed by atoms with van der Waals surface area (Å²) in [5.74, 6) is 0. The lowest BCUT2D eigenvalue weighted by Crippen LogP contribution is -1.94. The Labute approximate surface area is 230 Å². The summed E-state index contributed by atoms with van der Waals surface area (Å²) in [4.78, 5) is 0.